The van der Waals surface area contributed by atoms with E-state index in [4.69, 9.17) is 11.5 Å². The van der Waals surface area contributed by atoms with Crippen LogP contribution in [0.25, 0.3) is 0 Å². The number of aryl methyl sites for hydroxylation is 1. The molecule has 0 saturated heterocycles. The monoisotopic (exact) mass is 380 g/mol. The molecule has 1 atom stereocenters. The number of benzene rings is 1. The fourth-order valence-electron chi connectivity index (χ4n) is 2.68. The van der Waals surface area contributed by atoms with Crippen LogP contribution in [0.3, 0.4) is 0 Å². The molecule has 0 radical (unpaired) electrons. The third kappa shape index (κ3) is 4.60. The third-order valence-electron chi connectivity index (χ3n) is 4.10. The Morgan fingerprint density at radius 3 is 2.61 bits per heavy atom. The van der Waals surface area contributed by atoms with Crippen LogP contribution in [0.1, 0.15) is 27.5 Å². The van der Waals surface area contributed by atoms with E-state index in [1.807, 2.05) is 43.3 Å². The second-order valence-corrected chi connectivity index (χ2v) is 6.35. The summed E-state index contributed by atoms with van der Waals surface area (Å²) in [5.74, 6) is -1.37. The minimum atomic E-state index is -0.790. The zero-order chi connectivity index (χ0) is 20.1. The molecule has 2 heterocycles. The minimum Gasteiger partial charge on any atom is -0.366 e. The van der Waals surface area contributed by atoms with E-state index in [9.17, 15) is 9.18 Å². The summed E-state index contributed by atoms with van der Waals surface area (Å²) in [6.07, 6.45) is 3.26. The van der Waals surface area contributed by atoms with Crippen LogP contribution in [0.2, 0.25) is 0 Å². The van der Waals surface area contributed by atoms with Gasteiger partial charge in [0.05, 0.1) is 17.4 Å². The molecular weight excluding hydrogens is 359 g/mol. The first-order valence-electron chi connectivity index (χ1n) is 8.67. The average molecular weight is 380 g/mol. The van der Waals surface area contributed by atoms with Crippen molar-refractivity contribution < 1.29 is 9.18 Å². The van der Waals surface area contributed by atoms with E-state index in [1.165, 1.54) is 0 Å². The maximum atomic E-state index is 14.4. The summed E-state index contributed by atoms with van der Waals surface area (Å²) in [4.78, 5) is 20.0. The Morgan fingerprint density at radius 2 is 1.93 bits per heavy atom. The lowest BCUT2D eigenvalue weighted by Gasteiger charge is -2.16. The van der Waals surface area contributed by atoms with Crippen LogP contribution in [0.15, 0.2) is 54.9 Å². The number of carbonyl (C=O) groups excluding carboxylic acids is 1. The largest absolute Gasteiger partial charge is 0.366 e. The number of primary amides is 1. The lowest BCUT2D eigenvalue weighted by Crippen LogP contribution is -2.22. The highest BCUT2D eigenvalue weighted by atomic mass is 19.1. The SMILES string of the molecule is Cc1cncc(Nc2nc(NCC(N)c3ccccc3)c(F)cc2C(N)=O)c1. The molecule has 0 aliphatic rings. The summed E-state index contributed by atoms with van der Waals surface area (Å²) >= 11 is 0. The van der Waals surface area contributed by atoms with Gasteiger partial charge in [-0.15, -0.1) is 0 Å². The number of halogens is 1. The van der Waals surface area contributed by atoms with Gasteiger partial charge in [-0.1, -0.05) is 30.3 Å². The Morgan fingerprint density at radius 1 is 1.18 bits per heavy atom. The van der Waals surface area contributed by atoms with Crippen molar-refractivity contribution in [3.63, 3.8) is 0 Å². The molecule has 8 heteroatoms. The molecule has 0 saturated carbocycles. The van der Waals surface area contributed by atoms with E-state index in [2.05, 4.69) is 20.6 Å². The predicted molar refractivity (Wildman–Crippen MR) is 107 cm³/mol. The van der Waals surface area contributed by atoms with Crippen LogP contribution in [-0.4, -0.2) is 22.4 Å². The van der Waals surface area contributed by atoms with Crippen LogP contribution < -0.4 is 22.1 Å². The Hall–Kier alpha value is -3.52. The standard InChI is InChI=1S/C20H21FN6O/c1-12-7-14(10-24-9-12)26-19-15(18(23)28)8-16(21)20(27-19)25-11-17(22)13-5-3-2-4-6-13/h2-10,17H,11,22H2,1H3,(H2,23,28)(H2,25,26,27). The highest BCUT2D eigenvalue weighted by Gasteiger charge is 2.17. The van der Waals surface area contributed by atoms with Gasteiger partial charge in [0.1, 0.15) is 5.82 Å². The molecule has 1 amide bonds. The van der Waals surface area contributed by atoms with Crippen LogP contribution >= 0.6 is 0 Å². The molecule has 3 aromatic rings. The van der Waals surface area contributed by atoms with Gasteiger partial charge in [-0.2, -0.15) is 0 Å². The van der Waals surface area contributed by atoms with Gasteiger partial charge in [0, 0.05) is 18.8 Å². The molecule has 1 unspecified atom stereocenters. The summed E-state index contributed by atoms with van der Waals surface area (Å²) < 4.78 is 14.4. The first-order valence-corrected chi connectivity index (χ1v) is 8.67. The maximum Gasteiger partial charge on any atom is 0.252 e. The molecule has 28 heavy (non-hydrogen) atoms. The van der Waals surface area contributed by atoms with Crippen molar-refractivity contribution in [2.45, 2.75) is 13.0 Å². The number of carbonyl (C=O) groups is 1. The molecule has 2 aromatic heterocycles. The number of hydrogen-bond donors (Lipinski definition) is 4. The zero-order valence-corrected chi connectivity index (χ0v) is 15.3. The van der Waals surface area contributed by atoms with Crippen molar-refractivity contribution in [1.82, 2.24) is 9.97 Å². The molecule has 6 N–H and O–H groups in total. The predicted octanol–water partition coefficient (Wildman–Crippen LogP) is 2.88. The molecule has 0 aliphatic heterocycles. The molecule has 0 spiro atoms. The van der Waals surface area contributed by atoms with Crippen molar-refractivity contribution in [1.29, 1.82) is 0 Å². The molecule has 0 bridgehead atoms. The quantitative estimate of drug-likeness (QED) is 0.500. The number of amides is 1. The van der Waals surface area contributed by atoms with E-state index in [0.717, 1.165) is 17.2 Å². The van der Waals surface area contributed by atoms with Gasteiger partial charge < -0.3 is 22.1 Å². The fraction of sp³-hybridized carbons (Fsp3) is 0.150. The lowest BCUT2D eigenvalue weighted by atomic mass is 10.1. The number of rotatable bonds is 7. The van der Waals surface area contributed by atoms with Crippen molar-refractivity contribution in [3.05, 3.63) is 77.4 Å². The third-order valence-corrected chi connectivity index (χ3v) is 4.10. The molecule has 0 aliphatic carbocycles. The summed E-state index contributed by atoms with van der Waals surface area (Å²) in [5, 5.41) is 5.87. The molecule has 0 fully saturated rings. The van der Waals surface area contributed by atoms with Gasteiger partial charge in [0.25, 0.3) is 5.91 Å². The van der Waals surface area contributed by atoms with E-state index in [-0.39, 0.29) is 29.8 Å². The topological polar surface area (TPSA) is 119 Å². The number of nitrogens with one attached hydrogen (secondary N) is 2. The first kappa shape index (κ1) is 19.2. The molecule has 144 valence electrons. The van der Waals surface area contributed by atoms with Gasteiger partial charge in [-0.25, -0.2) is 9.37 Å². The van der Waals surface area contributed by atoms with Crippen molar-refractivity contribution in [3.8, 4) is 0 Å². The van der Waals surface area contributed by atoms with Gasteiger partial charge in [0.2, 0.25) is 0 Å². The molecular formula is C20H21FN6O. The number of hydrogen-bond acceptors (Lipinski definition) is 6. The molecule has 7 nitrogen and oxygen atoms in total. The average Bonchev–Trinajstić information content (AvgIpc) is 2.68. The highest BCUT2D eigenvalue weighted by Crippen LogP contribution is 2.24. The fourth-order valence-corrected chi connectivity index (χ4v) is 2.68. The van der Waals surface area contributed by atoms with E-state index < -0.39 is 11.7 Å². The number of nitrogens with zero attached hydrogens (tertiary/aromatic N) is 2. The number of aromatic nitrogens is 2. The van der Waals surface area contributed by atoms with E-state index in [0.29, 0.717) is 5.69 Å². The first-order chi connectivity index (χ1) is 13.4. The molecule has 1 aromatic carbocycles. The van der Waals surface area contributed by atoms with Crippen molar-refractivity contribution >= 4 is 23.2 Å². The summed E-state index contributed by atoms with van der Waals surface area (Å²) in [6, 6.07) is 12.0. The zero-order valence-electron chi connectivity index (χ0n) is 15.3. The Bertz CT molecular complexity index is 980. The highest BCUT2D eigenvalue weighted by molar-refractivity contribution is 5.98. The summed E-state index contributed by atoms with van der Waals surface area (Å²) in [5.41, 5.74) is 13.9. The maximum absolute atomic E-state index is 14.4. The van der Waals surface area contributed by atoms with Crippen LogP contribution in [0.4, 0.5) is 21.7 Å². The van der Waals surface area contributed by atoms with E-state index >= 15 is 0 Å². The minimum absolute atomic E-state index is 0.0282. The van der Waals surface area contributed by atoms with Crippen LogP contribution in [-0.2, 0) is 0 Å². The molecule has 3 rings (SSSR count). The van der Waals surface area contributed by atoms with Gasteiger partial charge in [0.15, 0.2) is 11.6 Å². The Kier molecular flexibility index (Phi) is 5.81. The number of anilines is 3. The normalized spacial score (nSPS) is 11.7. The number of pyridine rings is 2. The van der Waals surface area contributed by atoms with E-state index in [1.54, 1.807) is 12.4 Å². The summed E-state index contributed by atoms with van der Waals surface area (Å²) in [7, 11) is 0. The Balaban J connectivity index is 1.84. The van der Waals surface area contributed by atoms with Gasteiger partial charge >= 0.3 is 0 Å². The van der Waals surface area contributed by atoms with Gasteiger partial charge in [-0.3, -0.25) is 9.78 Å². The second kappa shape index (κ2) is 8.45. The van der Waals surface area contributed by atoms with Crippen molar-refractivity contribution in [2.24, 2.45) is 11.5 Å². The summed E-state index contributed by atoms with van der Waals surface area (Å²) in [6.45, 7) is 2.14. The number of nitrogens with two attached hydrogens (primary N) is 2. The second-order valence-electron chi connectivity index (χ2n) is 6.35. The van der Waals surface area contributed by atoms with Crippen molar-refractivity contribution in [2.75, 3.05) is 17.2 Å². The smallest absolute Gasteiger partial charge is 0.252 e. The van der Waals surface area contributed by atoms with Crippen LogP contribution in [0, 0.1) is 12.7 Å². The Labute approximate surface area is 162 Å². The lowest BCUT2D eigenvalue weighted by molar-refractivity contribution is 0.100. The van der Waals surface area contributed by atoms with Gasteiger partial charge in [-0.05, 0) is 30.2 Å². The van der Waals surface area contributed by atoms with Crippen LogP contribution in [0.5, 0.6) is 0 Å².